The number of nitrogens with one attached hydrogen (secondary N) is 1. The molecule has 0 atom stereocenters. The molecule has 0 unspecified atom stereocenters. The van der Waals surface area contributed by atoms with Gasteiger partial charge in [0.25, 0.3) is 0 Å². The first-order valence-corrected chi connectivity index (χ1v) is 9.89. The molecule has 5 nitrogen and oxygen atoms in total. The predicted molar refractivity (Wildman–Crippen MR) is 113 cm³/mol. The SMILES string of the molecule is COCCNC(=O)CCn1c(Cc2cccc(C)c2)nc2cc(Cl)c(Cl)cc21. The number of rotatable bonds is 8. The third-order valence-corrected chi connectivity index (χ3v) is 5.23. The lowest BCUT2D eigenvalue weighted by atomic mass is 10.1. The minimum Gasteiger partial charge on any atom is -0.383 e. The fraction of sp³-hybridized carbons (Fsp3) is 0.333. The van der Waals surface area contributed by atoms with Crippen molar-refractivity contribution in [3.8, 4) is 0 Å². The summed E-state index contributed by atoms with van der Waals surface area (Å²) in [5.41, 5.74) is 4.01. The van der Waals surface area contributed by atoms with Gasteiger partial charge in [-0.25, -0.2) is 4.98 Å². The Balaban J connectivity index is 1.88. The first kappa shape index (κ1) is 20.6. The summed E-state index contributed by atoms with van der Waals surface area (Å²) in [7, 11) is 1.61. The molecule has 1 heterocycles. The highest BCUT2D eigenvalue weighted by Crippen LogP contribution is 2.29. The molecule has 1 N–H and O–H groups in total. The maximum Gasteiger partial charge on any atom is 0.221 e. The Morgan fingerprint density at radius 3 is 2.75 bits per heavy atom. The highest BCUT2D eigenvalue weighted by Gasteiger charge is 2.15. The summed E-state index contributed by atoms with van der Waals surface area (Å²) in [6.07, 6.45) is 1.01. The van der Waals surface area contributed by atoms with Crippen molar-refractivity contribution in [2.24, 2.45) is 0 Å². The van der Waals surface area contributed by atoms with Crippen LogP contribution in [0.1, 0.15) is 23.4 Å². The van der Waals surface area contributed by atoms with Gasteiger partial charge >= 0.3 is 0 Å². The minimum atomic E-state index is -0.0273. The maximum atomic E-state index is 12.1. The number of methoxy groups -OCH3 is 1. The van der Waals surface area contributed by atoms with Gasteiger partial charge in [0.1, 0.15) is 5.82 Å². The normalized spacial score (nSPS) is 11.1. The smallest absolute Gasteiger partial charge is 0.221 e. The Labute approximate surface area is 174 Å². The Kier molecular flexibility index (Phi) is 6.94. The summed E-state index contributed by atoms with van der Waals surface area (Å²) in [5.74, 6) is 0.851. The van der Waals surface area contributed by atoms with Gasteiger partial charge in [0.2, 0.25) is 5.91 Å². The molecule has 3 aromatic rings. The second kappa shape index (κ2) is 9.41. The van der Waals surface area contributed by atoms with E-state index in [2.05, 4.69) is 35.0 Å². The number of ether oxygens (including phenoxy) is 1. The van der Waals surface area contributed by atoms with E-state index in [0.29, 0.717) is 42.6 Å². The predicted octanol–water partition coefficient (Wildman–Crippen LogP) is 4.40. The van der Waals surface area contributed by atoms with E-state index in [1.54, 1.807) is 13.2 Å². The average molecular weight is 420 g/mol. The molecular formula is C21H23Cl2N3O2. The minimum absolute atomic E-state index is 0.0273. The highest BCUT2D eigenvalue weighted by atomic mass is 35.5. The number of aromatic nitrogens is 2. The van der Waals surface area contributed by atoms with Gasteiger partial charge in [0, 0.05) is 33.0 Å². The van der Waals surface area contributed by atoms with Crippen molar-refractivity contribution in [2.45, 2.75) is 26.3 Å². The zero-order valence-electron chi connectivity index (χ0n) is 16.0. The van der Waals surface area contributed by atoms with E-state index in [4.69, 9.17) is 32.9 Å². The van der Waals surface area contributed by atoms with Crippen LogP contribution in [0.2, 0.25) is 10.0 Å². The van der Waals surface area contributed by atoms with Crippen molar-refractivity contribution in [3.05, 3.63) is 63.4 Å². The monoisotopic (exact) mass is 419 g/mol. The largest absolute Gasteiger partial charge is 0.383 e. The van der Waals surface area contributed by atoms with Crippen LogP contribution in [-0.2, 0) is 22.5 Å². The zero-order valence-corrected chi connectivity index (χ0v) is 17.5. The first-order valence-electron chi connectivity index (χ1n) is 9.13. The number of nitrogens with zero attached hydrogens (tertiary/aromatic N) is 2. The van der Waals surface area contributed by atoms with Crippen LogP contribution in [0.3, 0.4) is 0 Å². The highest BCUT2D eigenvalue weighted by molar-refractivity contribution is 6.42. The molecule has 1 amide bonds. The average Bonchev–Trinajstić information content (AvgIpc) is 2.96. The molecule has 1 aromatic heterocycles. The molecule has 0 spiro atoms. The van der Waals surface area contributed by atoms with Crippen LogP contribution in [0.25, 0.3) is 11.0 Å². The van der Waals surface area contributed by atoms with E-state index >= 15 is 0 Å². The number of carbonyl (C=O) groups is 1. The Hall–Kier alpha value is -2.08. The number of fused-ring (bicyclic) bond motifs is 1. The van der Waals surface area contributed by atoms with Gasteiger partial charge in [0.15, 0.2) is 0 Å². The molecule has 0 aliphatic heterocycles. The summed E-state index contributed by atoms with van der Waals surface area (Å²) in [4.78, 5) is 16.9. The molecule has 148 valence electrons. The molecule has 28 heavy (non-hydrogen) atoms. The number of hydrogen-bond donors (Lipinski definition) is 1. The topological polar surface area (TPSA) is 56.1 Å². The first-order chi connectivity index (χ1) is 13.5. The van der Waals surface area contributed by atoms with Gasteiger partial charge in [-0.1, -0.05) is 53.0 Å². The van der Waals surface area contributed by atoms with Crippen LogP contribution in [0.5, 0.6) is 0 Å². The quantitative estimate of drug-likeness (QED) is 0.550. The van der Waals surface area contributed by atoms with Crippen molar-refractivity contribution >= 4 is 40.1 Å². The van der Waals surface area contributed by atoms with E-state index in [1.165, 1.54) is 11.1 Å². The van der Waals surface area contributed by atoms with Crippen molar-refractivity contribution in [3.63, 3.8) is 0 Å². The van der Waals surface area contributed by atoms with Crippen molar-refractivity contribution in [1.29, 1.82) is 0 Å². The van der Waals surface area contributed by atoms with Crippen molar-refractivity contribution in [1.82, 2.24) is 14.9 Å². The molecule has 0 radical (unpaired) electrons. The van der Waals surface area contributed by atoms with Crippen LogP contribution in [0, 0.1) is 6.92 Å². The van der Waals surface area contributed by atoms with Crippen molar-refractivity contribution in [2.75, 3.05) is 20.3 Å². The third-order valence-electron chi connectivity index (χ3n) is 4.50. The Morgan fingerprint density at radius 2 is 2.00 bits per heavy atom. The number of benzene rings is 2. The van der Waals surface area contributed by atoms with Gasteiger partial charge < -0.3 is 14.6 Å². The Bertz CT molecular complexity index is 985. The Morgan fingerprint density at radius 1 is 1.21 bits per heavy atom. The van der Waals surface area contributed by atoms with Gasteiger partial charge in [-0.2, -0.15) is 0 Å². The number of aryl methyl sites for hydroxylation is 2. The molecular weight excluding hydrogens is 397 g/mol. The number of hydrogen-bond acceptors (Lipinski definition) is 3. The lowest BCUT2D eigenvalue weighted by Crippen LogP contribution is -2.27. The van der Waals surface area contributed by atoms with Crippen LogP contribution < -0.4 is 5.32 Å². The number of amides is 1. The van der Waals surface area contributed by atoms with E-state index < -0.39 is 0 Å². The van der Waals surface area contributed by atoms with Crippen LogP contribution in [-0.4, -0.2) is 35.7 Å². The molecule has 3 rings (SSSR count). The second-order valence-corrected chi connectivity index (χ2v) is 7.51. The lowest BCUT2D eigenvalue weighted by Gasteiger charge is -2.10. The number of halogens is 2. The fourth-order valence-corrected chi connectivity index (χ4v) is 3.47. The molecule has 0 bridgehead atoms. The maximum absolute atomic E-state index is 12.1. The zero-order chi connectivity index (χ0) is 20.1. The fourth-order valence-electron chi connectivity index (χ4n) is 3.15. The number of carbonyl (C=O) groups excluding carboxylic acids is 1. The summed E-state index contributed by atoms with van der Waals surface area (Å²) in [6, 6.07) is 11.9. The van der Waals surface area contributed by atoms with Crippen LogP contribution in [0.15, 0.2) is 36.4 Å². The van der Waals surface area contributed by atoms with Crippen LogP contribution >= 0.6 is 23.2 Å². The summed E-state index contributed by atoms with van der Waals surface area (Å²) >= 11 is 12.4. The van der Waals surface area contributed by atoms with Gasteiger partial charge in [-0.05, 0) is 24.6 Å². The summed E-state index contributed by atoms with van der Waals surface area (Å²) in [5, 5.41) is 3.79. The summed E-state index contributed by atoms with van der Waals surface area (Å²) in [6.45, 7) is 3.56. The van der Waals surface area contributed by atoms with E-state index in [1.807, 2.05) is 12.1 Å². The molecule has 0 fully saturated rings. The molecule has 0 saturated heterocycles. The van der Waals surface area contributed by atoms with E-state index in [-0.39, 0.29) is 5.91 Å². The van der Waals surface area contributed by atoms with Gasteiger partial charge in [0.05, 0.1) is 27.7 Å². The van der Waals surface area contributed by atoms with Crippen molar-refractivity contribution < 1.29 is 9.53 Å². The summed E-state index contributed by atoms with van der Waals surface area (Å²) < 4.78 is 7.01. The van der Waals surface area contributed by atoms with E-state index in [9.17, 15) is 4.79 Å². The van der Waals surface area contributed by atoms with Crippen LogP contribution in [0.4, 0.5) is 0 Å². The third kappa shape index (κ3) is 5.04. The van der Waals surface area contributed by atoms with Gasteiger partial charge in [-0.3, -0.25) is 4.79 Å². The second-order valence-electron chi connectivity index (χ2n) is 6.69. The standard InChI is InChI=1S/C21H23Cl2N3O2/c1-14-4-3-5-15(10-14)11-20-25-18-12-16(22)17(23)13-19(18)26(20)8-6-21(27)24-7-9-28-2/h3-5,10,12-13H,6-9,11H2,1-2H3,(H,24,27). The lowest BCUT2D eigenvalue weighted by molar-refractivity contribution is -0.121. The van der Waals surface area contributed by atoms with Gasteiger partial charge in [-0.15, -0.1) is 0 Å². The molecule has 0 aliphatic carbocycles. The molecule has 7 heteroatoms. The molecule has 2 aromatic carbocycles. The molecule has 0 aliphatic rings. The van der Waals surface area contributed by atoms with E-state index in [0.717, 1.165) is 16.9 Å². The number of imidazole rings is 1. The molecule has 0 saturated carbocycles.